The third-order valence-electron chi connectivity index (χ3n) is 3.08. The van der Waals surface area contributed by atoms with Crippen LogP contribution in [0.1, 0.15) is 10.4 Å². The number of benzene rings is 1. The van der Waals surface area contributed by atoms with E-state index in [9.17, 15) is 9.59 Å². The normalized spacial score (nSPS) is 12.6. The van der Waals surface area contributed by atoms with Crippen molar-refractivity contribution in [3.8, 4) is 0 Å². The number of fused-ring (bicyclic) bond motifs is 1. The number of ether oxygens (including phenoxy) is 1. The highest BCUT2D eigenvalue weighted by atomic mass is 16.5. The Hall–Kier alpha value is -2.28. The van der Waals surface area contributed by atoms with E-state index in [2.05, 4.69) is 21.3 Å². The maximum absolute atomic E-state index is 12.0. The molecule has 0 bridgehead atoms. The number of rotatable bonds is 6. The molecule has 0 radical (unpaired) electrons. The van der Waals surface area contributed by atoms with E-state index < -0.39 is 0 Å². The van der Waals surface area contributed by atoms with Gasteiger partial charge in [-0.3, -0.25) is 9.59 Å². The number of anilines is 2. The molecule has 0 aromatic heterocycles. The molecule has 0 unspecified atom stereocenters. The van der Waals surface area contributed by atoms with Gasteiger partial charge in [0.15, 0.2) is 0 Å². The van der Waals surface area contributed by atoms with Crippen molar-refractivity contribution in [1.82, 2.24) is 10.6 Å². The summed E-state index contributed by atoms with van der Waals surface area (Å²) < 4.78 is 4.83. The summed E-state index contributed by atoms with van der Waals surface area (Å²) in [7, 11) is 1.56. The highest BCUT2D eigenvalue weighted by Gasteiger charge is 2.12. The molecule has 2 amide bonds. The molecule has 7 heteroatoms. The van der Waals surface area contributed by atoms with Crippen LogP contribution in [0.4, 0.5) is 11.4 Å². The minimum Gasteiger partial charge on any atom is -0.383 e. The molecule has 1 aliphatic heterocycles. The summed E-state index contributed by atoms with van der Waals surface area (Å²) in [6, 6.07) is 5.37. The molecule has 21 heavy (non-hydrogen) atoms. The van der Waals surface area contributed by atoms with Gasteiger partial charge in [0.25, 0.3) is 5.91 Å². The fraction of sp³-hybridized carbons (Fsp3) is 0.429. The summed E-state index contributed by atoms with van der Waals surface area (Å²) in [5.41, 5.74) is 2.41. The van der Waals surface area contributed by atoms with Crippen LogP contribution in [0.5, 0.6) is 0 Å². The predicted octanol–water partition coefficient (Wildman–Crippen LogP) is 0.0164. The standard InChI is InChI=1S/C14H20N4O3/c1-21-7-6-17-13(19)9-18-14(20)10-2-3-11-12(8-10)16-5-4-15-11/h2-3,8,15-16H,4-7,9H2,1H3,(H,17,19)(H,18,20). The average molecular weight is 292 g/mol. The molecule has 7 nitrogen and oxygen atoms in total. The van der Waals surface area contributed by atoms with Gasteiger partial charge in [0.1, 0.15) is 0 Å². The maximum Gasteiger partial charge on any atom is 0.251 e. The highest BCUT2D eigenvalue weighted by Crippen LogP contribution is 2.25. The van der Waals surface area contributed by atoms with Gasteiger partial charge in [-0.05, 0) is 18.2 Å². The molecular weight excluding hydrogens is 272 g/mol. The van der Waals surface area contributed by atoms with E-state index in [1.807, 2.05) is 6.07 Å². The monoisotopic (exact) mass is 292 g/mol. The number of nitrogens with one attached hydrogen (secondary N) is 4. The van der Waals surface area contributed by atoms with Crippen LogP contribution in [0, 0.1) is 0 Å². The second-order valence-electron chi connectivity index (χ2n) is 4.64. The molecule has 1 aromatic carbocycles. The van der Waals surface area contributed by atoms with Crippen LogP contribution >= 0.6 is 0 Å². The predicted molar refractivity (Wildman–Crippen MR) is 80.6 cm³/mol. The minimum atomic E-state index is -0.271. The summed E-state index contributed by atoms with van der Waals surface area (Å²) >= 11 is 0. The van der Waals surface area contributed by atoms with Crippen molar-refractivity contribution in [1.29, 1.82) is 0 Å². The van der Waals surface area contributed by atoms with Gasteiger partial charge in [-0.2, -0.15) is 0 Å². The minimum absolute atomic E-state index is 0.0503. The Morgan fingerprint density at radius 1 is 1.19 bits per heavy atom. The zero-order valence-electron chi connectivity index (χ0n) is 12.0. The molecule has 0 fully saturated rings. The first kappa shape index (κ1) is 15.1. The quantitative estimate of drug-likeness (QED) is 0.555. The Labute approximate surface area is 123 Å². The van der Waals surface area contributed by atoms with Gasteiger partial charge < -0.3 is 26.0 Å². The van der Waals surface area contributed by atoms with E-state index in [0.717, 1.165) is 24.5 Å². The molecule has 2 rings (SSSR count). The van der Waals surface area contributed by atoms with Gasteiger partial charge >= 0.3 is 0 Å². The van der Waals surface area contributed by atoms with E-state index in [1.165, 1.54) is 0 Å². The zero-order valence-corrected chi connectivity index (χ0v) is 12.0. The number of hydrogen-bond acceptors (Lipinski definition) is 5. The molecule has 0 atom stereocenters. The third kappa shape index (κ3) is 4.35. The van der Waals surface area contributed by atoms with Gasteiger partial charge in [0.2, 0.25) is 5.91 Å². The molecule has 0 saturated carbocycles. The van der Waals surface area contributed by atoms with Crippen molar-refractivity contribution in [3.63, 3.8) is 0 Å². The molecule has 1 heterocycles. The van der Waals surface area contributed by atoms with Crippen molar-refractivity contribution >= 4 is 23.2 Å². The van der Waals surface area contributed by atoms with Gasteiger partial charge in [-0.15, -0.1) is 0 Å². The number of carbonyl (C=O) groups is 2. The Bertz CT molecular complexity index is 519. The van der Waals surface area contributed by atoms with E-state index >= 15 is 0 Å². The van der Waals surface area contributed by atoms with E-state index in [0.29, 0.717) is 18.7 Å². The summed E-state index contributed by atoms with van der Waals surface area (Å²) in [5, 5.41) is 11.7. The van der Waals surface area contributed by atoms with Crippen molar-refractivity contribution in [2.75, 3.05) is 50.5 Å². The Morgan fingerprint density at radius 3 is 2.71 bits per heavy atom. The largest absolute Gasteiger partial charge is 0.383 e. The Morgan fingerprint density at radius 2 is 1.95 bits per heavy atom. The summed E-state index contributed by atoms with van der Waals surface area (Å²) in [4.78, 5) is 23.5. The lowest BCUT2D eigenvalue weighted by molar-refractivity contribution is -0.120. The second kappa shape index (κ2) is 7.49. The topological polar surface area (TPSA) is 91.5 Å². The van der Waals surface area contributed by atoms with Gasteiger partial charge in [-0.25, -0.2) is 0 Å². The average Bonchev–Trinajstić information content (AvgIpc) is 2.52. The number of carbonyl (C=O) groups excluding carboxylic acids is 2. The summed E-state index contributed by atoms with van der Waals surface area (Å²) in [6.07, 6.45) is 0. The molecule has 114 valence electrons. The van der Waals surface area contributed by atoms with Crippen molar-refractivity contribution in [3.05, 3.63) is 23.8 Å². The highest BCUT2D eigenvalue weighted by molar-refractivity contribution is 5.98. The van der Waals surface area contributed by atoms with E-state index in [-0.39, 0.29) is 18.4 Å². The lowest BCUT2D eigenvalue weighted by Gasteiger charge is -2.20. The molecule has 0 aliphatic carbocycles. The molecule has 0 saturated heterocycles. The fourth-order valence-electron chi connectivity index (χ4n) is 2.00. The Kier molecular flexibility index (Phi) is 5.39. The fourth-order valence-corrected chi connectivity index (χ4v) is 2.00. The molecular formula is C14H20N4O3. The van der Waals surface area contributed by atoms with Crippen LogP contribution in [0.15, 0.2) is 18.2 Å². The SMILES string of the molecule is COCCNC(=O)CNC(=O)c1ccc2c(c1)NCCN2. The van der Waals surface area contributed by atoms with Crippen molar-refractivity contribution in [2.45, 2.75) is 0 Å². The number of amides is 2. The first-order valence-electron chi connectivity index (χ1n) is 6.86. The Balaban J connectivity index is 1.84. The van der Waals surface area contributed by atoms with Crippen LogP contribution in [-0.2, 0) is 9.53 Å². The smallest absolute Gasteiger partial charge is 0.251 e. The first-order chi connectivity index (χ1) is 10.2. The van der Waals surface area contributed by atoms with E-state index in [4.69, 9.17) is 4.74 Å². The summed E-state index contributed by atoms with van der Waals surface area (Å²) in [5.74, 6) is -0.509. The second-order valence-corrected chi connectivity index (χ2v) is 4.64. The van der Waals surface area contributed by atoms with Crippen LogP contribution < -0.4 is 21.3 Å². The maximum atomic E-state index is 12.0. The third-order valence-corrected chi connectivity index (χ3v) is 3.08. The lowest BCUT2D eigenvalue weighted by atomic mass is 10.1. The molecule has 0 spiro atoms. The molecule has 1 aliphatic rings. The van der Waals surface area contributed by atoms with Crippen LogP contribution in [0.25, 0.3) is 0 Å². The lowest BCUT2D eigenvalue weighted by Crippen LogP contribution is -2.38. The van der Waals surface area contributed by atoms with Crippen LogP contribution in [-0.4, -0.2) is 51.7 Å². The molecule has 4 N–H and O–H groups in total. The van der Waals surface area contributed by atoms with Crippen molar-refractivity contribution in [2.24, 2.45) is 0 Å². The van der Waals surface area contributed by atoms with Gasteiger partial charge in [-0.1, -0.05) is 0 Å². The number of hydrogen-bond donors (Lipinski definition) is 4. The van der Waals surface area contributed by atoms with E-state index in [1.54, 1.807) is 19.2 Å². The first-order valence-corrected chi connectivity index (χ1v) is 6.86. The zero-order chi connectivity index (χ0) is 15.1. The number of methoxy groups -OCH3 is 1. The van der Waals surface area contributed by atoms with Gasteiger partial charge in [0, 0.05) is 32.3 Å². The summed E-state index contributed by atoms with van der Waals surface area (Å²) in [6.45, 7) is 2.51. The van der Waals surface area contributed by atoms with Crippen LogP contribution in [0.3, 0.4) is 0 Å². The van der Waals surface area contributed by atoms with Gasteiger partial charge in [0.05, 0.1) is 24.5 Å². The van der Waals surface area contributed by atoms with Crippen LogP contribution in [0.2, 0.25) is 0 Å². The van der Waals surface area contributed by atoms with Crippen molar-refractivity contribution < 1.29 is 14.3 Å². The molecule has 1 aromatic rings.